The van der Waals surface area contributed by atoms with Crippen molar-refractivity contribution in [3.63, 3.8) is 0 Å². The van der Waals surface area contributed by atoms with Gasteiger partial charge in [0.2, 0.25) is 0 Å². The summed E-state index contributed by atoms with van der Waals surface area (Å²) in [7, 11) is 0. The van der Waals surface area contributed by atoms with E-state index < -0.39 is 0 Å². The molecule has 91 valence electrons. The van der Waals surface area contributed by atoms with Crippen LogP contribution in [0, 0.1) is 6.04 Å². The summed E-state index contributed by atoms with van der Waals surface area (Å²) >= 11 is 0. The van der Waals surface area contributed by atoms with Crippen molar-refractivity contribution >= 4 is 11.5 Å². The number of benzene rings is 1. The second kappa shape index (κ2) is 4.82. The van der Waals surface area contributed by atoms with Crippen LogP contribution in [0.4, 0.5) is 0 Å². The maximum atomic E-state index is 5.95. The largest absolute Gasteiger partial charge is 0.567 e. The van der Waals surface area contributed by atoms with E-state index in [-0.39, 0.29) is 38.3 Å². The van der Waals surface area contributed by atoms with Gasteiger partial charge in [0.15, 0.2) is 0 Å². The molecule has 2 nitrogen and oxygen atoms in total. The van der Waals surface area contributed by atoms with E-state index in [9.17, 15) is 0 Å². The molecule has 18 heavy (non-hydrogen) atoms. The van der Waals surface area contributed by atoms with Crippen LogP contribution in [-0.4, -0.2) is 11.5 Å². The van der Waals surface area contributed by atoms with Crippen molar-refractivity contribution in [1.82, 2.24) is 0 Å². The minimum Gasteiger partial charge on any atom is -0.567 e. The average molecular weight is 315 g/mol. The van der Waals surface area contributed by atoms with Gasteiger partial charge < -0.3 is 9.73 Å². The van der Waals surface area contributed by atoms with Crippen LogP contribution in [0.15, 0.2) is 35.3 Å². The van der Waals surface area contributed by atoms with Gasteiger partial charge in [-0.3, -0.25) is 0 Å². The van der Waals surface area contributed by atoms with E-state index in [1.54, 1.807) is 0 Å². The Kier molecular flexibility index (Phi) is 3.71. The molecule has 3 heteroatoms. The van der Waals surface area contributed by atoms with Crippen LogP contribution in [0.1, 0.15) is 31.9 Å². The molecule has 0 saturated carbocycles. The first kappa shape index (κ1) is 13.8. The number of rotatable bonds is 1. The van der Waals surface area contributed by atoms with Crippen molar-refractivity contribution in [2.75, 3.05) is 0 Å². The zero-order valence-electron chi connectivity index (χ0n) is 11.0. The van der Waals surface area contributed by atoms with Crippen LogP contribution in [0.3, 0.4) is 0 Å². The van der Waals surface area contributed by atoms with Crippen molar-refractivity contribution in [3.05, 3.63) is 47.5 Å². The van der Waals surface area contributed by atoms with Gasteiger partial charge in [-0.1, -0.05) is 43.3 Å². The molecule has 0 N–H and O–H groups in total. The molecule has 0 unspecified atom stereocenters. The van der Waals surface area contributed by atoms with E-state index in [1.165, 1.54) is 11.1 Å². The Morgan fingerprint density at radius 1 is 1.28 bits per heavy atom. The normalized spacial score (nSPS) is 19.6. The minimum atomic E-state index is -0.270. The summed E-state index contributed by atoms with van der Waals surface area (Å²) in [6, 6.07) is 9.48. The van der Waals surface area contributed by atoms with Gasteiger partial charge in [0.05, 0.1) is 11.5 Å². The first-order valence-corrected chi connectivity index (χ1v) is 5.98. The maximum absolute atomic E-state index is 5.95. The predicted octanol–water partition coefficient (Wildman–Crippen LogP) is 3.38. The summed E-state index contributed by atoms with van der Waals surface area (Å²) in [6.07, 6.45) is 3.19. The summed E-state index contributed by atoms with van der Waals surface area (Å²) in [5.41, 5.74) is 3.49. The third-order valence-electron chi connectivity index (χ3n) is 3.56. The number of ether oxygens (including phenoxy) is 1. The number of fused-ring (bicyclic) bond motifs is 1. The van der Waals surface area contributed by atoms with Crippen molar-refractivity contribution in [3.8, 4) is 0 Å². The van der Waals surface area contributed by atoms with Crippen molar-refractivity contribution in [2.24, 2.45) is 4.99 Å². The fourth-order valence-corrected chi connectivity index (χ4v) is 2.23. The molecule has 2 aliphatic rings. The number of aliphatic imine (C=N–C) groups is 1. The van der Waals surface area contributed by atoms with Gasteiger partial charge >= 0.3 is 0 Å². The van der Waals surface area contributed by atoms with Crippen LogP contribution in [-0.2, 0) is 43.9 Å². The Balaban J connectivity index is 0.00000120. The number of allylic oxidation sites excluding steroid dienone is 1. The first-order valence-electron chi connectivity index (χ1n) is 5.98. The molecule has 0 spiro atoms. The van der Waals surface area contributed by atoms with Crippen LogP contribution in [0.25, 0.3) is 5.57 Å². The van der Waals surface area contributed by atoms with Crippen molar-refractivity contribution in [2.45, 2.75) is 32.8 Å². The molecular formula is C15H16NOY-. The number of hydrogen-bond acceptors (Lipinski definition) is 2. The molecule has 1 aromatic carbocycles. The smallest absolute Gasteiger partial charge is 0.0612 e. The zero-order chi connectivity index (χ0) is 12.0. The second-order valence-electron chi connectivity index (χ2n) is 5.09. The molecule has 1 radical (unpaired) electrons. The van der Waals surface area contributed by atoms with Crippen LogP contribution < -0.4 is 0 Å². The van der Waals surface area contributed by atoms with E-state index >= 15 is 0 Å². The fraction of sp³-hybridized carbons (Fsp3) is 0.333. The summed E-state index contributed by atoms with van der Waals surface area (Å²) in [4.78, 5) is 4.56. The molecule has 1 heterocycles. The molecule has 0 atom stereocenters. The molecule has 0 saturated heterocycles. The summed E-state index contributed by atoms with van der Waals surface area (Å²) in [5.74, 6) is 0.775. The Morgan fingerprint density at radius 2 is 2.00 bits per heavy atom. The first-order chi connectivity index (χ1) is 8.08. The monoisotopic (exact) mass is 315 g/mol. The third kappa shape index (κ3) is 2.17. The summed E-state index contributed by atoms with van der Waals surface area (Å²) in [5, 5.41) is 0. The van der Waals surface area contributed by atoms with E-state index in [0.717, 1.165) is 23.9 Å². The maximum Gasteiger partial charge on any atom is 0.0612 e. The van der Waals surface area contributed by atoms with E-state index in [1.807, 2.05) is 6.92 Å². The quantitative estimate of drug-likeness (QED) is 0.728. The Hall–Kier alpha value is -0.596. The van der Waals surface area contributed by atoms with Gasteiger partial charge in [0.25, 0.3) is 0 Å². The molecule has 0 bridgehead atoms. The Labute approximate surface area is 133 Å². The minimum absolute atomic E-state index is 0. The third-order valence-corrected chi connectivity index (χ3v) is 3.56. The molecule has 1 aliphatic carbocycles. The van der Waals surface area contributed by atoms with Gasteiger partial charge in [-0.05, 0) is 37.0 Å². The van der Waals surface area contributed by atoms with Crippen LogP contribution in [0.2, 0.25) is 0 Å². The van der Waals surface area contributed by atoms with E-state index in [2.05, 4.69) is 49.2 Å². The van der Waals surface area contributed by atoms with Crippen molar-refractivity contribution in [1.29, 1.82) is 0 Å². The number of hydrogen-bond donors (Lipinski definition) is 0. The van der Waals surface area contributed by atoms with E-state index in [0.29, 0.717) is 0 Å². The van der Waals surface area contributed by atoms with Gasteiger partial charge in [0.1, 0.15) is 0 Å². The topological polar surface area (TPSA) is 21.6 Å². The van der Waals surface area contributed by atoms with Crippen LogP contribution >= 0.6 is 0 Å². The summed E-state index contributed by atoms with van der Waals surface area (Å²) < 4.78 is 5.95. The van der Waals surface area contributed by atoms with Gasteiger partial charge in [-0.25, -0.2) is 0 Å². The van der Waals surface area contributed by atoms with Gasteiger partial charge in [-0.2, -0.15) is 0 Å². The molecule has 0 fully saturated rings. The van der Waals surface area contributed by atoms with Gasteiger partial charge in [-0.15, -0.1) is 0 Å². The predicted molar refractivity (Wildman–Crippen MR) is 69.6 cm³/mol. The van der Waals surface area contributed by atoms with Crippen LogP contribution in [0.5, 0.6) is 0 Å². The average Bonchev–Trinajstić information content (AvgIpc) is 2.81. The Morgan fingerprint density at radius 3 is 2.67 bits per heavy atom. The molecule has 1 aromatic rings. The summed E-state index contributed by atoms with van der Waals surface area (Å²) in [6.45, 7) is 6.13. The van der Waals surface area contributed by atoms with Crippen molar-refractivity contribution < 1.29 is 37.4 Å². The standard InChI is InChI=1S/C15H16NO.Y/c1-10-15(2,3)17-14(16-10)13-9-8-11-6-4-5-7-12(11)13;/h4-7,9H,8H2,1-3H3;/q-1;. The second-order valence-corrected chi connectivity index (χ2v) is 5.09. The molecule has 0 aromatic heterocycles. The SMILES string of the molecule is C[C-]1N=C(C2=CCc3ccccc32)OC1(C)C.[Y]. The Bertz CT molecular complexity index is 531. The fourth-order valence-electron chi connectivity index (χ4n) is 2.23. The molecule has 3 rings (SSSR count). The van der Waals surface area contributed by atoms with Gasteiger partial charge in [0, 0.05) is 32.7 Å². The number of nitrogens with zero attached hydrogens (tertiary/aromatic N) is 1. The molecule has 0 amide bonds. The molecule has 1 aliphatic heterocycles. The zero-order valence-corrected chi connectivity index (χ0v) is 13.9. The molecular weight excluding hydrogens is 299 g/mol. The van der Waals surface area contributed by atoms with E-state index in [4.69, 9.17) is 4.74 Å².